The number of carbonyl (C=O) groups is 1. The lowest BCUT2D eigenvalue weighted by Gasteiger charge is -2.04. The summed E-state index contributed by atoms with van der Waals surface area (Å²) in [7, 11) is 0. The lowest BCUT2D eigenvalue weighted by atomic mass is 10.2. The van der Waals surface area contributed by atoms with Gasteiger partial charge in [-0.25, -0.2) is 9.78 Å². The minimum Gasteiger partial charge on any atom is -0.465 e. The maximum Gasteiger partial charge on any atom is 0.404 e. The number of hydrogen-bond acceptors (Lipinski definition) is 2. The van der Waals surface area contributed by atoms with Gasteiger partial charge in [0.05, 0.1) is 0 Å². The summed E-state index contributed by atoms with van der Waals surface area (Å²) in [5.74, 6) is 0. The van der Waals surface area contributed by atoms with Crippen molar-refractivity contribution in [3.8, 4) is 0 Å². The number of rotatable bonds is 2. The maximum atomic E-state index is 10.2. The molecule has 0 unspecified atom stereocenters. The molecule has 1 aromatic rings. The van der Waals surface area contributed by atoms with E-state index in [4.69, 9.17) is 5.11 Å². The molecule has 0 bridgehead atoms. The van der Waals surface area contributed by atoms with Crippen molar-refractivity contribution < 1.29 is 9.90 Å². The van der Waals surface area contributed by atoms with Gasteiger partial charge in [0, 0.05) is 12.2 Å². The first-order valence-electron chi connectivity index (χ1n) is 3.68. The number of nitrogens with zero attached hydrogens (tertiary/aromatic N) is 1. The summed E-state index contributed by atoms with van der Waals surface area (Å²) < 4.78 is 0.754. The highest BCUT2D eigenvalue weighted by Crippen LogP contribution is 2.10. The van der Waals surface area contributed by atoms with Gasteiger partial charge in [0.25, 0.3) is 0 Å². The Labute approximate surface area is 84.1 Å². The zero-order chi connectivity index (χ0) is 9.84. The van der Waals surface area contributed by atoms with E-state index in [2.05, 4.69) is 26.2 Å². The number of hydrogen-bond donors (Lipinski definition) is 2. The van der Waals surface area contributed by atoms with E-state index in [1.807, 2.05) is 13.0 Å². The van der Waals surface area contributed by atoms with Gasteiger partial charge >= 0.3 is 6.09 Å². The van der Waals surface area contributed by atoms with Crippen LogP contribution in [-0.4, -0.2) is 16.2 Å². The Balaban J connectivity index is 2.72. The largest absolute Gasteiger partial charge is 0.465 e. The van der Waals surface area contributed by atoms with Crippen LogP contribution >= 0.6 is 15.9 Å². The van der Waals surface area contributed by atoms with E-state index in [0.717, 1.165) is 15.9 Å². The molecule has 0 aromatic carbocycles. The Morgan fingerprint density at radius 3 is 2.92 bits per heavy atom. The summed E-state index contributed by atoms with van der Waals surface area (Å²) >= 11 is 3.23. The molecular formula is C8H9BrN2O2. The summed E-state index contributed by atoms with van der Waals surface area (Å²) in [5.41, 5.74) is 1.70. The molecule has 1 aromatic heterocycles. The highest BCUT2D eigenvalue weighted by atomic mass is 79.9. The SMILES string of the molecule is Cc1nc(Br)ccc1CNC(=O)O. The van der Waals surface area contributed by atoms with E-state index in [9.17, 15) is 4.79 Å². The van der Waals surface area contributed by atoms with Crippen LogP contribution in [0.25, 0.3) is 0 Å². The van der Waals surface area contributed by atoms with Crippen molar-refractivity contribution in [1.29, 1.82) is 0 Å². The molecule has 13 heavy (non-hydrogen) atoms. The van der Waals surface area contributed by atoms with Gasteiger partial charge in [-0.2, -0.15) is 0 Å². The standard InChI is InChI=1S/C8H9BrN2O2/c1-5-6(4-10-8(12)13)2-3-7(9)11-5/h2-3,10H,4H2,1H3,(H,12,13). The highest BCUT2D eigenvalue weighted by Gasteiger charge is 2.01. The molecule has 1 rings (SSSR count). The Kier molecular flexibility index (Phi) is 3.25. The second-order valence-corrected chi connectivity index (χ2v) is 3.35. The third-order valence-corrected chi connectivity index (χ3v) is 2.03. The lowest BCUT2D eigenvalue weighted by molar-refractivity contribution is 0.194. The van der Waals surface area contributed by atoms with Crippen LogP contribution < -0.4 is 5.32 Å². The number of carboxylic acid groups (broad SMARTS) is 1. The van der Waals surface area contributed by atoms with Crippen molar-refractivity contribution in [3.63, 3.8) is 0 Å². The van der Waals surface area contributed by atoms with Gasteiger partial charge in [-0.1, -0.05) is 6.07 Å². The molecule has 0 atom stereocenters. The smallest absolute Gasteiger partial charge is 0.404 e. The third-order valence-electron chi connectivity index (χ3n) is 1.59. The average Bonchev–Trinajstić information content (AvgIpc) is 2.02. The molecule has 1 amide bonds. The summed E-state index contributed by atoms with van der Waals surface area (Å²) in [6.45, 7) is 2.13. The zero-order valence-electron chi connectivity index (χ0n) is 7.04. The molecular weight excluding hydrogens is 236 g/mol. The minimum absolute atomic E-state index is 0.293. The van der Waals surface area contributed by atoms with E-state index >= 15 is 0 Å². The van der Waals surface area contributed by atoms with Crippen LogP contribution in [0.4, 0.5) is 4.79 Å². The summed E-state index contributed by atoms with van der Waals surface area (Å²) in [6, 6.07) is 3.62. The summed E-state index contributed by atoms with van der Waals surface area (Å²) in [5, 5.41) is 10.7. The molecule has 0 aliphatic heterocycles. The zero-order valence-corrected chi connectivity index (χ0v) is 8.63. The van der Waals surface area contributed by atoms with Crippen molar-refractivity contribution in [3.05, 3.63) is 28.0 Å². The van der Waals surface area contributed by atoms with Crippen molar-refractivity contribution in [2.24, 2.45) is 0 Å². The van der Waals surface area contributed by atoms with Gasteiger partial charge in [-0.3, -0.25) is 0 Å². The van der Waals surface area contributed by atoms with Crippen LogP contribution in [0.3, 0.4) is 0 Å². The molecule has 0 saturated carbocycles. The molecule has 0 spiro atoms. The topological polar surface area (TPSA) is 62.2 Å². The van der Waals surface area contributed by atoms with E-state index in [1.54, 1.807) is 6.07 Å². The fourth-order valence-corrected chi connectivity index (χ4v) is 1.32. The Morgan fingerprint density at radius 2 is 2.38 bits per heavy atom. The van der Waals surface area contributed by atoms with Crippen LogP contribution in [0.5, 0.6) is 0 Å². The van der Waals surface area contributed by atoms with Gasteiger partial charge in [-0.05, 0) is 34.5 Å². The van der Waals surface area contributed by atoms with E-state index < -0.39 is 6.09 Å². The number of amides is 1. The number of aryl methyl sites for hydroxylation is 1. The van der Waals surface area contributed by atoms with Gasteiger partial charge in [0.2, 0.25) is 0 Å². The van der Waals surface area contributed by atoms with Gasteiger partial charge < -0.3 is 10.4 Å². The van der Waals surface area contributed by atoms with Crippen LogP contribution in [0.2, 0.25) is 0 Å². The molecule has 0 aliphatic rings. The Morgan fingerprint density at radius 1 is 1.69 bits per heavy atom. The van der Waals surface area contributed by atoms with Crippen LogP contribution in [0.1, 0.15) is 11.3 Å². The molecule has 0 saturated heterocycles. The second-order valence-electron chi connectivity index (χ2n) is 2.54. The molecule has 0 aliphatic carbocycles. The van der Waals surface area contributed by atoms with Crippen molar-refractivity contribution >= 4 is 22.0 Å². The van der Waals surface area contributed by atoms with Crippen molar-refractivity contribution in [2.45, 2.75) is 13.5 Å². The molecule has 0 radical (unpaired) electrons. The predicted octanol–water partition coefficient (Wildman–Crippen LogP) is 1.92. The first-order chi connectivity index (χ1) is 6.09. The summed E-state index contributed by atoms with van der Waals surface area (Å²) in [4.78, 5) is 14.3. The first kappa shape index (κ1) is 9.98. The number of pyridine rings is 1. The lowest BCUT2D eigenvalue weighted by Crippen LogP contribution is -2.20. The normalized spacial score (nSPS) is 9.69. The third kappa shape index (κ3) is 3.02. The van der Waals surface area contributed by atoms with Crippen LogP contribution in [-0.2, 0) is 6.54 Å². The van der Waals surface area contributed by atoms with Crippen molar-refractivity contribution in [1.82, 2.24) is 10.3 Å². The van der Waals surface area contributed by atoms with Gasteiger partial charge in [0.1, 0.15) is 4.60 Å². The van der Waals surface area contributed by atoms with E-state index in [0.29, 0.717) is 6.54 Å². The molecule has 70 valence electrons. The molecule has 1 heterocycles. The van der Waals surface area contributed by atoms with Crippen molar-refractivity contribution in [2.75, 3.05) is 0 Å². The van der Waals surface area contributed by atoms with Gasteiger partial charge in [-0.15, -0.1) is 0 Å². The monoisotopic (exact) mass is 244 g/mol. The highest BCUT2D eigenvalue weighted by molar-refractivity contribution is 9.10. The first-order valence-corrected chi connectivity index (χ1v) is 4.47. The van der Waals surface area contributed by atoms with E-state index in [1.165, 1.54) is 0 Å². The minimum atomic E-state index is -1.03. The Hall–Kier alpha value is -1.10. The molecule has 2 N–H and O–H groups in total. The van der Waals surface area contributed by atoms with Gasteiger partial charge in [0.15, 0.2) is 0 Å². The maximum absolute atomic E-state index is 10.2. The molecule has 0 fully saturated rings. The summed E-state index contributed by atoms with van der Waals surface area (Å²) in [6.07, 6.45) is -1.03. The number of halogens is 1. The quantitative estimate of drug-likeness (QED) is 0.782. The van der Waals surface area contributed by atoms with Crippen LogP contribution in [0.15, 0.2) is 16.7 Å². The number of nitrogens with one attached hydrogen (secondary N) is 1. The fraction of sp³-hybridized carbons (Fsp3) is 0.250. The average molecular weight is 245 g/mol. The second kappa shape index (κ2) is 4.23. The Bertz CT molecular complexity index is 328. The van der Waals surface area contributed by atoms with E-state index in [-0.39, 0.29) is 0 Å². The fourth-order valence-electron chi connectivity index (χ4n) is 0.917. The van der Waals surface area contributed by atoms with Crippen LogP contribution in [0, 0.1) is 6.92 Å². The number of aromatic nitrogens is 1. The predicted molar refractivity (Wildman–Crippen MR) is 51.5 cm³/mol. The molecule has 5 heteroatoms. The molecule has 4 nitrogen and oxygen atoms in total.